The van der Waals surface area contributed by atoms with Crippen LogP contribution < -0.4 is 4.90 Å². The normalized spacial score (nSPS) is 11.4. The number of carbonyl (C=O) groups excluding carboxylic acids is 1. The molecule has 0 bridgehead atoms. The minimum absolute atomic E-state index is 0.0654. The van der Waals surface area contributed by atoms with E-state index >= 15 is 0 Å². The molecule has 0 fully saturated rings. The van der Waals surface area contributed by atoms with Gasteiger partial charge in [0, 0.05) is 13.1 Å². The van der Waals surface area contributed by atoms with E-state index in [0.717, 1.165) is 51.7 Å². The van der Waals surface area contributed by atoms with Gasteiger partial charge in [-0.3, -0.25) is 9.69 Å². The van der Waals surface area contributed by atoms with Crippen molar-refractivity contribution >= 4 is 44.2 Å². The van der Waals surface area contributed by atoms with Crippen molar-refractivity contribution in [2.45, 2.75) is 34.1 Å². The maximum Gasteiger partial charge on any atom is 0.233 e. The fraction of sp³-hybridized carbons (Fsp3) is 0.391. The Bertz CT molecular complexity index is 958. The van der Waals surface area contributed by atoms with Crippen molar-refractivity contribution in [1.82, 2.24) is 9.88 Å². The molecule has 0 atom stereocenters. The van der Waals surface area contributed by atoms with Crippen molar-refractivity contribution in [2.75, 3.05) is 31.1 Å². The van der Waals surface area contributed by atoms with Gasteiger partial charge in [-0.1, -0.05) is 72.7 Å². The molecule has 2 aromatic carbocycles. The highest BCUT2D eigenvalue weighted by Gasteiger charge is 2.22. The van der Waals surface area contributed by atoms with E-state index in [1.807, 2.05) is 49.1 Å². The van der Waals surface area contributed by atoms with Crippen LogP contribution in [-0.2, 0) is 11.2 Å². The number of aryl methyl sites for hydroxylation is 2. The summed E-state index contributed by atoms with van der Waals surface area (Å²) in [6.45, 7) is 11.7. The van der Waals surface area contributed by atoms with Gasteiger partial charge in [-0.05, 0) is 44.1 Å². The molecule has 0 unspecified atom stereocenters. The monoisotopic (exact) mass is 429 g/mol. The minimum Gasteiger partial charge on any atom is -0.302 e. The van der Waals surface area contributed by atoms with Gasteiger partial charge >= 0.3 is 0 Å². The third-order valence-corrected chi connectivity index (χ3v) is 6.73. The van der Waals surface area contributed by atoms with Gasteiger partial charge in [-0.25, -0.2) is 4.98 Å². The lowest BCUT2D eigenvalue weighted by Gasteiger charge is -2.24. The summed E-state index contributed by atoms with van der Waals surface area (Å²) in [4.78, 5) is 22.3. The van der Waals surface area contributed by atoms with E-state index < -0.39 is 0 Å². The molecule has 1 amide bonds. The molecule has 0 saturated carbocycles. The highest BCUT2D eigenvalue weighted by Crippen LogP contribution is 2.35. The van der Waals surface area contributed by atoms with Crippen LogP contribution in [-0.4, -0.2) is 42.0 Å². The maximum atomic E-state index is 13.3. The van der Waals surface area contributed by atoms with E-state index in [4.69, 9.17) is 16.6 Å². The molecule has 4 nitrogen and oxygen atoms in total. The zero-order chi connectivity index (χ0) is 21.0. The number of benzene rings is 2. The van der Waals surface area contributed by atoms with Gasteiger partial charge < -0.3 is 4.90 Å². The van der Waals surface area contributed by atoms with Gasteiger partial charge in [-0.15, -0.1) is 0 Å². The fourth-order valence-electron chi connectivity index (χ4n) is 3.41. The zero-order valence-corrected chi connectivity index (χ0v) is 19.1. The summed E-state index contributed by atoms with van der Waals surface area (Å²) >= 11 is 7.90. The zero-order valence-electron chi connectivity index (χ0n) is 17.5. The second-order valence-corrected chi connectivity index (χ2v) is 8.66. The minimum atomic E-state index is 0.0654. The van der Waals surface area contributed by atoms with Gasteiger partial charge in [0.05, 0.1) is 21.7 Å². The first kappa shape index (κ1) is 21.8. The number of aromatic nitrogens is 1. The summed E-state index contributed by atoms with van der Waals surface area (Å²) in [7, 11) is 0. The highest BCUT2D eigenvalue weighted by atomic mass is 35.5. The van der Waals surface area contributed by atoms with Crippen molar-refractivity contribution in [3.63, 3.8) is 0 Å². The number of fused-ring (bicyclic) bond motifs is 1. The maximum absolute atomic E-state index is 13.3. The summed E-state index contributed by atoms with van der Waals surface area (Å²) in [5, 5.41) is 1.41. The molecule has 1 heterocycles. The van der Waals surface area contributed by atoms with Gasteiger partial charge in [-0.2, -0.15) is 0 Å². The van der Waals surface area contributed by atoms with Gasteiger partial charge in [0.2, 0.25) is 5.91 Å². The predicted molar refractivity (Wildman–Crippen MR) is 124 cm³/mol. The number of rotatable bonds is 8. The molecule has 154 valence electrons. The predicted octanol–water partition coefficient (Wildman–Crippen LogP) is 5.48. The number of hydrogen-bond acceptors (Lipinski definition) is 4. The molecule has 1 aromatic heterocycles. The van der Waals surface area contributed by atoms with Crippen LogP contribution in [0.25, 0.3) is 10.2 Å². The third-order valence-electron chi connectivity index (χ3n) is 5.19. The average Bonchev–Trinajstić information content (AvgIpc) is 3.14. The molecule has 0 N–H and O–H groups in total. The van der Waals surface area contributed by atoms with Gasteiger partial charge in [0.1, 0.15) is 0 Å². The van der Waals surface area contributed by atoms with Crippen LogP contribution in [0.5, 0.6) is 0 Å². The Morgan fingerprint density at radius 2 is 1.86 bits per heavy atom. The lowest BCUT2D eigenvalue weighted by atomic mass is 10.1. The summed E-state index contributed by atoms with van der Waals surface area (Å²) in [5.74, 6) is 0.0654. The molecule has 0 aliphatic carbocycles. The van der Waals surface area contributed by atoms with E-state index in [1.54, 1.807) is 0 Å². The second-order valence-electron chi connectivity index (χ2n) is 7.28. The topological polar surface area (TPSA) is 36.4 Å². The quantitative estimate of drug-likeness (QED) is 0.475. The molecule has 29 heavy (non-hydrogen) atoms. The number of likely N-dealkylation sites (N-methyl/N-ethyl adjacent to an activating group) is 1. The number of carbonyl (C=O) groups is 1. The lowest BCUT2D eigenvalue weighted by Crippen LogP contribution is -2.39. The number of thiazole rings is 1. The first-order valence-electron chi connectivity index (χ1n) is 10.1. The molecule has 0 aliphatic heterocycles. The molecule has 0 aliphatic rings. The van der Waals surface area contributed by atoms with E-state index in [-0.39, 0.29) is 5.91 Å². The van der Waals surface area contributed by atoms with Crippen molar-refractivity contribution in [3.05, 3.63) is 58.1 Å². The Morgan fingerprint density at radius 3 is 2.52 bits per heavy atom. The summed E-state index contributed by atoms with van der Waals surface area (Å²) in [6.07, 6.45) is 0.364. The first-order chi connectivity index (χ1) is 13.9. The molecule has 3 rings (SSSR count). The number of amides is 1. The Labute approximate surface area is 182 Å². The van der Waals surface area contributed by atoms with Crippen LogP contribution in [0.2, 0.25) is 5.02 Å². The second kappa shape index (κ2) is 9.70. The molecule has 0 spiro atoms. The number of anilines is 1. The van der Waals surface area contributed by atoms with Crippen LogP contribution >= 0.6 is 22.9 Å². The molecular formula is C23H28ClN3OS. The Morgan fingerprint density at radius 1 is 1.10 bits per heavy atom. The summed E-state index contributed by atoms with van der Waals surface area (Å²) in [6, 6.07) is 12.0. The first-order valence-corrected chi connectivity index (χ1v) is 11.3. The molecule has 0 saturated heterocycles. The smallest absolute Gasteiger partial charge is 0.233 e. The molecular weight excluding hydrogens is 402 g/mol. The standard InChI is InChI=1S/C23H28ClN3OS/c1-5-26(6-2)12-13-27(20(28)15-18-9-7-8-16(3)14-18)23-25-21-17(4)10-11-19(24)22(21)29-23/h7-11,14H,5-6,12-13,15H2,1-4H3. The highest BCUT2D eigenvalue weighted by molar-refractivity contribution is 7.23. The lowest BCUT2D eigenvalue weighted by molar-refractivity contribution is -0.118. The third kappa shape index (κ3) is 5.16. The fourth-order valence-corrected chi connectivity index (χ4v) is 4.77. The SMILES string of the molecule is CCN(CC)CCN(C(=O)Cc1cccc(C)c1)c1nc2c(C)ccc(Cl)c2s1. The molecule has 3 aromatic rings. The summed E-state index contributed by atoms with van der Waals surface area (Å²) < 4.78 is 0.942. The van der Waals surface area contributed by atoms with E-state index in [1.165, 1.54) is 11.3 Å². The number of hydrogen-bond donors (Lipinski definition) is 0. The number of halogens is 1. The average molecular weight is 430 g/mol. The van der Waals surface area contributed by atoms with E-state index in [2.05, 4.69) is 24.8 Å². The Balaban J connectivity index is 1.93. The van der Waals surface area contributed by atoms with Crippen molar-refractivity contribution < 1.29 is 4.79 Å². The molecule has 0 radical (unpaired) electrons. The van der Waals surface area contributed by atoms with Crippen molar-refractivity contribution in [2.24, 2.45) is 0 Å². The van der Waals surface area contributed by atoms with E-state index in [9.17, 15) is 4.79 Å². The van der Waals surface area contributed by atoms with Crippen LogP contribution in [0.15, 0.2) is 36.4 Å². The van der Waals surface area contributed by atoms with Crippen LogP contribution in [0, 0.1) is 13.8 Å². The number of nitrogens with zero attached hydrogens (tertiary/aromatic N) is 3. The van der Waals surface area contributed by atoms with Crippen LogP contribution in [0.3, 0.4) is 0 Å². The molecule has 6 heteroatoms. The van der Waals surface area contributed by atoms with Crippen LogP contribution in [0.1, 0.15) is 30.5 Å². The summed E-state index contributed by atoms with van der Waals surface area (Å²) in [5.41, 5.74) is 4.14. The largest absolute Gasteiger partial charge is 0.302 e. The van der Waals surface area contributed by atoms with Crippen molar-refractivity contribution in [1.29, 1.82) is 0 Å². The Hall–Kier alpha value is -1.95. The van der Waals surface area contributed by atoms with Crippen LogP contribution in [0.4, 0.5) is 5.13 Å². The van der Waals surface area contributed by atoms with E-state index in [0.29, 0.717) is 18.0 Å². The van der Waals surface area contributed by atoms with Gasteiger partial charge in [0.25, 0.3) is 0 Å². The van der Waals surface area contributed by atoms with Crippen molar-refractivity contribution in [3.8, 4) is 0 Å². The van der Waals surface area contributed by atoms with Gasteiger partial charge in [0.15, 0.2) is 5.13 Å². The Kier molecular flexibility index (Phi) is 7.28.